The van der Waals surface area contributed by atoms with Crippen molar-refractivity contribution in [1.82, 2.24) is 25.2 Å². The molecule has 6 nitrogen and oxygen atoms in total. The summed E-state index contributed by atoms with van der Waals surface area (Å²) in [6, 6.07) is 12.1. The standard InChI is InChI=1S/C16H16BrN5O/c1-3-14(11-7-5-4-6-8-11)22-20-15(19-21-22)13-9-12(17)10-18-16(13)23-2/h4-10,14H,3H2,1-2H3/t14-/m1/s1. The van der Waals surface area contributed by atoms with Gasteiger partial charge in [0.2, 0.25) is 11.7 Å². The molecular formula is C16H16BrN5O. The highest BCUT2D eigenvalue weighted by atomic mass is 79.9. The van der Waals surface area contributed by atoms with Crippen molar-refractivity contribution >= 4 is 15.9 Å². The number of rotatable bonds is 5. The highest BCUT2D eigenvalue weighted by molar-refractivity contribution is 9.10. The minimum absolute atomic E-state index is 0.0450. The zero-order valence-corrected chi connectivity index (χ0v) is 14.4. The van der Waals surface area contributed by atoms with Crippen LogP contribution in [-0.4, -0.2) is 32.3 Å². The molecule has 0 saturated heterocycles. The first-order valence-electron chi connectivity index (χ1n) is 7.27. The Labute approximate surface area is 142 Å². The highest BCUT2D eigenvalue weighted by Crippen LogP contribution is 2.28. The number of hydrogen-bond acceptors (Lipinski definition) is 5. The first kappa shape index (κ1) is 15.6. The van der Waals surface area contributed by atoms with Gasteiger partial charge in [-0.3, -0.25) is 0 Å². The highest BCUT2D eigenvalue weighted by Gasteiger charge is 2.18. The van der Waals surface area contributed by atoms with Crippen molar-refractivity contribution in [3.63, 3.8) is 0 Å². The van der Waals surface area contributed by atoms with Crippen molar-refractivity contribution in [3.8, 4) is 17.3 Å². The van der Waals surface area contributed by atoms with E-state index in [2.05, 4.69) is 55.4 Å². The van der Waals surface area contributed by atoms with E-state index in [0.717, 1.165) is 16.5 Å². The molecule has 0 unspecified atom stereocenters. The van der Waals surface area contributed by atoms with E-state index in [1.54, 1.807) is 18.1 Å². The number of ether oxygens (including phenoxy) is 1. The number of pyridine rings is 1. The molecule has 0 N–H and O–H groups in total. The van der Waals surface area contributed by atoms with Crippen LogP contribution >= 0.6 is 15.9 Å². The lowest BCUT2D eigenvalue weighted by Crippen LogP contribution is -2.13. The van der Waals surface area contributed by atoms with Gasteiger partial charge in [0.15, 0.2) is 0 Å². The Kier molecular flexibility index (Phi) is 4.66. The van der Waals surface area contributed by atoms with Crippen LogP contribution < -0.4 is 4.74 Å². The Balaban J connectivity index is 1.99. The molecule has 0 spiro atoms. The maximum atomic E-state index is 5.29. The monoisotopic (exact) mass is 373 g/mol. The second-order valence-electron chi connectivity index (χ2n) is 4.98. The van der Waals surface area contributed by atoms with Gasteiger partial charge in [0, 0.05) is 10.7 Å². The van der Waals surface area contributed by atoms with Crippen molar-refractivity contribution in [3.05, 3.63) is 52.6 Å². The number of hydrogen-bond donors (Lipinski definition) is 0. The van der Waals surface area contributed by atoms with Gasteiger partial charge in [-0.1, -0.05) is 37.3 Å². The normalized spacial score (nSPS) is 12.1. The van der Waals surface area contributed by atoms with Crippen molar-refractivity contribution in [2.45, 2.75) is 19.4 Å². The predicted octanol–water partition coefficient (Wildman–Crippen LogP) is 3.51. The largest absolute Gasteiger partial charge is 0.480 e. The summed E-state index contributed by atoms with van der Waals surface area (Å²) in [6.07, 6.45) is 2.54. The van der Waals surface area contributed by atoms with Crippen LogP contribution in [0.15, 0.2) is 47.1 Å². The molecule has 0 aliphatic heterocycles. The molecule has 2 heterocycles. The topological polar surface area (TPSA) is 65.7 Å². The number of methoxy groups -OCH3 is 1. The molecule has 0 aliphatic rings. The van der Waals surface area contributed by atoms with Gasteiger partial charge in [0.25, 0.3) is 0 Å². The van der Waals surface area contributed by atoms with E-state index in [-0.39, 0.29) is 6.04 Å². The quantitative estimate of drug-likeness (QED) is 0.684. The third kappa shape index (κ3) is 3.24. The molecule has 3 aromatic rings. The number of tetrazole rings is 1. The minimum atomic E-state index is 0.0450. The molecule has 0 amide bonds. The van der Waals surface area contributed by atoms with Crippen LogP contribution in [0.25, 0.3) is 11.4 Å². The fourth-order valence-electron chi connectivity index (χ4n) is 2.42. The molecule has 0 bridgehead atoms. The maximum absolute atomic E-state index is 5.29. The molecule has 118 valence electrons. The van der Waals surface area contributed by atoms with Gasteiger partial charge in [0.1, 0.15) is 0 Å². The van der Waals surface area contributed by atoms with Gasteiger partial charge in [-0.15, -0.1) is 10.2 Å². The summed E-state index contributed by atoms with van der Waals surface area (Å²) >= 11 is 3.41. The Hall–Kier alpha value is -2.28. The van der Waals surface area contributed by atoms with Gasteiger partial charge in [-0.25, -0.2) is 4.98 Å². The van der Waals surface area contributed by atoms with Crippen molar-refractivity contribution < 1.29 is 4.74 Å². The second-order valence-corrected chi connectivity index (χ2v) is 5.89. The molecule has 1 atom stereocenters. The lowest BCUT2D eigenvalue weighted by Gasteiger charge is -2.13. The molecule has 0 aliphatic carbocycles. The third-order valence-electron chi connectivity index (χ3n) is 3.53. The van der Waals surface area contributed by atoms with Crippen molar-refractivity contribution in [1.29, 1.82) is 0 Å². The van der Waals surface area contributed by atoms with Crippen LogP contribution in [0.2, 0.25) is 0 Å². The fourth-order valence-corrected chi connectivity index (χ4v) is 2.75. The zero-order valence-electron chi connectivity index (χ0n) is 12.8. The molecule has 23 heavy (non-hydrogen) atoms. The number of halogens is 1. The SMILES string of the molecule is CC[C@H](c1ccccc1)n1nnc(-c2cc(Br)cnc2OC)n1. The summed E-state index contributed by atoms with van der Waals surface area (Å²) in [7, 11) is 1.57. The van der Waals surface area contributed by atoms with Crippen molar-refractivity contribution in [2.24, 2.45) is 0 Å². The lowest BCUT2D eigenvalue weighted by atomic mass is 10.1. The number of aromatic nitrogens is 5. The molecule has 3 rings (SSSR count). The Morgan fingerprint density at radius 1 is 1.26 bits per heavy atom. The third-order valence-corrected chi connectivity index (χ3v) is 3.96. The average Bonchev–Trinajstić information content (AvgIpc) is 3.06. The molecule has 0 radical (unpaired) electrons. The first-order chi connectivity index (χ1) is 11.2. The summed E-state index contributed by atoms with van der Waals surface area (Å²) in [5.41, 5.74) is 1.86. The van der Waals surface area contributed by atoms with Gasteiger partial charge >= 0.3 is 0 Å². The Morgan fingerprint density at radius 2 is 2.04 bits per heavy atom. The molecule has 2 aromatic heterocycles. The predicted molar refractivity (Wildman–Crippen MR) is 90.2 cm³/mol. The van der Waals surface area contributed by atoms with Crippen LogP contribution in [0.3, 0.4) is 0 Å². The maximum Gasteiger partial charge on any atom is 0.224 e. The summed E-state index contributed by atoms with van der Waals surface area (Å²) in [5, 5.41) is 12.9. The van der Waals surface area contributed by atoms with Gasteiger partial charge in [-0.2, -0.15) is 4.80 Å². The van der Waals surface area contributed by atoms with Gasteiger partial charge in [0.05, 0.1) is 18.7 Å². The van der Waals surface area contributed by atoms with Gasteiger partial charge in [-0.05, 0) is 39.2 Å². The van der Waals surface area contributed by atoms with Crippen LogP contribution in [0, 0.1) is 0 Å². The Bertz CT molecular complexity index is 790. The summed E-state index contributed by atoms with van der Waals surface area (Å²) in [6.45, 7) is 2.10. The average molecular weight is 374 g/mol. The molecule has 0 saturated carbocycles. The van der Waals surface area contributed by atoms with Gasteiger partial charge < -0.3 is 4.74 Å². The van der Waals surface area contributed by atoms with E-state index in [1.807, 2.05) is 24.3 Å². The van der Waals surface area contributed by atoms with Crippen LogP contribution in [0.5, 0.6) is 5.88 Å². The molecule has 1 aromatic carbocycles. The summed E-state index contributed by atoms with van der Waals surface area (Å²) in [4.78, 5) is 5.86. The molecule has 7 heteroatoms. The fraction of sp³-hybridized carbons (Fsp3) is 0.250. The summed E-state index contributed by atoms with van der Waals surface area (Å²) in [5.74, 6) is 0.963. The molecule has 0 fully saturated rings. The first-order valence-corrected chi connectivity index (χ1v) is 8.06. The second kappa shape index (κ2) is 6.87. The van der Waals surface area contributed by atoms with Crippen LogP contribution in [0.4, 0.5) is 0 Å². The van der Waals surface area contributed by atoms with E-state index in [9.17, 15) is 0 Å². The van der Waals surface area contributed by atoms with Crippen molar-refractivity contribution in [2.75, 3.05) is 7.11 Å². The molecular weight excluding hydrogens is 358 g/mol. The zero-order chi connectivity index (χ0) is 16.2. The van der Waals surface area contributed by atoms with Crippen LogP contribution in [-0.2, 0) is 0 Å². The smallest absolute Gasteiger partial charge is 0.224 e. The number of nitrogens with zero attached hydrogens (tertiary/aromatic N) is 5. The van der Waals surface area contributed by atoms with E-state index < -0.39 is 0 Å². The number of benzene rings is 1. The van der Waals surface area contributed by atoms with E-state index in [0.29, 0.717) is 17.3 Å². The summed E-state index contributed by atoms with van der Waals surface area (Å²) < 4.78 is 6.12. The lowest BCUT2D eigenvalue weighted by molar-refractivity contribution is 0.399. The van der Waals surface area contributed by atoms with E-state index in [4.69, 9.17) is 4.74 Å². The van der Waals surface area contributed by atoms with E-state index >= 15 is 0 Å². The minimum Gasteiger partial charge on any atom is -0.480 e. The van der Waals surface area contributed by atoms with Crippen LogP contribution in [0.1, 0.15) is 24.9 Å². The van der Waals surface area contributed by atoms with E-state index in [1.165, 1.54) is 0 Å². The Morgan fingerprint density at radius 3 is 2.74 bits per heavy atom.